The van der Waals surface area contributed by atoms with Crippen LogP contribution in [0.5, 0.6) is 11.5 Å². The maximum absolute atomic E-state index is 13.0. The lowest BCUT2D eigenvalue weighted by Crippen LogP contribution is -2.48. The van der Waals surface area contributed by atoms with E-state index in [0.717, 1.165) is 41.9 Å². The molecule has 5 rings (SSSR count). The number of hydrogen-bond acceptors (Lipinski definition) is 6. The molecule has 3 aromatic rings. The van der Waals surface area contributed by atoms with Gasteiger partial charge in [0.15, 0.2) is 11.5 Å². The van der Waals surface area contributed by atoms with Crippen LogP contribution >= 0.6 is 0 Å². The number of benzene rings is 2. The number of hydrogen-bond donors (Lipinski definition) is 1. The van der Waals surface area contributed by atoms with Gasteiger partial charge in [-0.05, 0) is 37.1 Å². The van der Waals surface area contributed by atoms with Crippen molar-refractivity contribution in [3.8, 4) is 11.5 Å². The van der Waals surface area contributed by atoms with E-state index >= 15 is 0 Å². The average Bonchev–Trinajstić information content (AvgIpc) is 3.27. The number of amides is 1. The van der Waals surface area contributed by atoms with E-state index in [1.165, 1.54) is 0 Å². The normalized spacial score (nSPS) is 20.6. The number of nitrogens with one attached hydrogen (secondary N) is 1. The van der Waals surface area contributed by atoms with Crippen LogP contribution in [0, 0.1) is 0 Å². The summed E-state index contributed by atoms with van der Waals surface area (Å²) < 4.78 is 11.7. The summed E-state index contributed by atoms with van der Waals surface area (Å²) in [6.07, 6.45) is 3.11. The fraction of sp³-hybridized carbons (Fsp3) is 0.318. The molecule has 1 N–H and O–H groups in total. The molecule has 7 nitrogen and oxygen atoms in total. The minimum Gasteiger partial charge on any atom is -0.486 e. The fourth-order valence-electron chi connectivity index (χ4n) is 4.01. The molecule has 0 spiro atoms. The SMILES string of the molecule is O=C(NCC1COc2ccccc2O1)C1CCCN1c1ncnc2ccccc12. The molecule has 0 saturated carbocycles. The summed E-state index contributed by atoms with van der Waals surface area (Å²) in [4.78, 5) is 23.9. The molecular formula is C22H22N4O3. The van der Waals surface area contributed by atoms with Gasteiger partial charge in [-0.15, -0.1) is 0 Å². The second kappa shape index (κ2) is 7.58. The van der Waals surface area contributed by atoms with Crippen molar-refractivity contribution in [1.82, 2.24) is 15.3 Å². The van der Waals surface area contributed by atoms with Crippen molar-refractivity contribution in [2.45, 2.75) is 25.0 Å². The largest absolute Gasteiger partial charge is 0.486 e. The van der Waals surface area contributed by atoms with Gasteiger partial charge in [-0.2, -0.15) is 0 Å². The van der Waals surface area contributed by atoms with Crippen molar-refractivity contribution in [2.24, 2.45) is 0 Å². The van der Waals surface area contributed by atoms with Gasteiger partial charge in [0.2, 0.25) is 5.91 Å². The van der Waals surface area contributed by atoms with Gasteiger partial charge in [-0.25, -0.2) is 9.97 Å². The first-order valence-electron chi connectivity index (χ1n) is 9.92. The van der Waals surface area contributed by atoms with Gasteiger partial charge < -0.3 is 19.7 Å². The number of nitrogens with zero attached hydrogens (tertiary/aromatic N) is 3. The summed E-state index contributed by atoms with van der Waals surface area (Å²) in [7, 11) is 0. The van der Waals surface area contributed by atoms with Crippen molar-refractivity contribution >= 4 is 22.6 Å². The molecule has 3 heterocycles. The summed E-state index contributed by atoms with van der Waals surface area (Å²) in [5.74, 6) is 2.27. The van der Waals surface area contributed by atoms with Crippen LogP contribution in [-0.4, -0.2) is 47.7 Å². The van der Waals surface area contributed by atoms with Crippen LogP contribution in [0.15, 0.2) is 54.9 Å². The Hall–Kier alpha value is -3.35. The van der Waals surface area contributed by atoms with Crippen LogP contribution in [0.4, 0.5) is 5.82 Å². The maximum Gasteiger partial charge on any atom is 0.242 e. The van der Waals surface area contributed by atoms with Crippen LogP contribution in [0.3, 0.4) is 0 Å². The quantitative estimate of drug-likeness (QED) is 0.738. The Bertz CT molecular complexity index is 1040. The average molecular weight is 390 g/mol. The molecule has 1 saturated heterocycles. The Morgan fingerprint density at radius 2 is 1.93 bits per heavy atom. The fourth-order valence-corrected chi connectivity index (χ4v) is 4.01. The third kappa shape index (κ3) is 3.44. The zero-order valence-electron chi connectivity index (χ0n) is 16.0. The van der Waals surface area contributed by atoms with E-state index in [9.17, 15) is 4.79 Å². The number of rotatable bonds is 4. The van der Waals surface area contributed by atoms with Crippen molar-refractivity contribution < 1.29 is 14.3 Å². The predicted octanol–water partition coefficient (Wildman–Crippen LogP) is 2.55. The molecular weight excluding hydrogens is 368 g/mol. The van der Waals surface area contributed by atoms with Crippen LogP contribution in [0.25, 0.3) is 10.9 Å². The molecule has 0 bridgehead atoms. The smallest absolute Gasteiger partial charge is 0.242 e. The van der Waals surface area contributed by atoms with E-state index in [4.69, 9.17) is 9.47 Å². The molecule has 148 valence electrons. The monoisotopic (exact) mass is 390 g/mol. The summed E-state index contributed by atoms with van der Waals surface area (Å²) in [5, 5.41) is 4.01. The molecule has 29 heavy (non-hydrogen) atoms. The molecule has 1 fully saturated rings. The van der Waals surface area contributed by atoms with Crippen molar-refractivity contribution in [3.05, 3.63) is 54.9 Å². The highest BCUT2D eigenvalue weighted by Crippen LogP contribution is 2.31. The Labute approximate surface area is 168 Å². The highest BCUT2D eigenvalue weighted by molar-refractivity contribution is 5.93. The lowest BCUT2D eigenvalue weighted by atomic mass is 10.1. The van der Waals surface area contributed by atoms with E-state index < -0.39 is 0 Å². The van der Waals surface area contributed by atoms with E-state index in [-0.39, 0.29) is 18.1 Å². The van der Waals surface area contributed by atoms with Crippen LogP contribution < -0.4 is 19.7 Å². The number of carbonyl (C=O) groups is 1. The Balaban J connectivity index is 1.27. The third-order valence-electron chi connectivity index (χ3n) is 5.42. The molecule has 0 aliphatic carbocycles. The number of fused-ring (bicyclic) bond motifs is 2. The van der Waals surface area contributed by atoms with Crippen LogP contribution in [-0.2, 0) is 4.79 Å². The van der Waals surface area contributed by atoms with E-state index in [2.05, 4.69) is 20.2 Å². The number of carbonyl (C=O) groups excluding carboxylic acids is 1. The molecule has 7 heteroatoms. The topological polar surface area (TPSA) is 76.6 Å². The van der Waals surface area contributed by atoms with E-state index in [0.29, 0.717) is 18.9 Å². The van der Waals surface area contributed by atoms with Crippen LogP contribution in [0.2, 0.25) is 0 Å². The second-order valence-electron chi connectivity index (χ2n) is 7.31. The van der Waals surface area contributed by atoms with Gasteiger partial charge in [-0.3, -0.25) is 4.79 Å². The highest BCUT2D eigenvalue weighted by atomic mass is 16.6. The standard InChI is InChI=1S/C22H22N4O3/c27-22(23-12-15-13-28-19-9-3-4-10-20(19)29-15)18-8-5-11-26(18)21-16-6-1-2-7-17(16)24-14-25-21/h1-4,6-7,9-10,14-15,18H,5,8,11-13H2,(H,23,27). The van der Waals surface area contributed by atoms with E-state index in [1.807, 2.05) is 48.5 Å². The first-order chi connectivity index (χ1) is 14.3. The first-order valence-corrected chi connectivity index (χ1v) is 9.92. The molecule has 2 aromatic carbocycles. The third-order valence-corrected chi connectivity index (χ3v) is 5.42. The van der Waals surface area contributed by atoms with Crippen molar-refractivity contribution in [1.29, 1.82) is 0 Å². The Morgan fingerprint density at radius 1 is 1.10 bits per heavy atom. The lowest BCUT2D eigenvalue weighted by Gasteiger charge is -2.29. The van der Waals surface area contributed by atoms with Gasteiger partial charge >= 0.3 is 0 Å². The molecule has 1 aromatic heterocycles. The van der Waals surface area contributed by atoms with Gasteiger partial charge in [0.05, 0.1) is 12.1 Å². The Morgan fingerprint density at radius 3 is 2.86 bits per heavy atom. The minimum atomic E-state index is -0.245. The number of ether oxygens (including phenoxy) is 2. The maximum atomic E-state index is 13.0. The second-order valence-corrected chi connectivity index (χ2v) is 7.31. The van der Waals surface area contributed by atoms with Gasteiger partial charge in [-0.1, -0.05) is 24.3 Å². The Kier molecular flexibility index (Phi) is 4.63. The minimum absolute atomic E-state index is 0.00680. The summed E-state index contributed by atoms with van der Waals surface area (Å²) in [6.45, 7) is 1.62. The van der Waals surface area contributed by atoms with Crippen LogP contribution in [0.1, 0.15) is 12.8 Å². The number of para-hydroxylation sites is 3. The summed E-state index contributed by atoms with van der Waals surface area (Å²) in [5.41, 5.74) is 0.884. The van der Waals surface area contributed by atoms with Gasteiger partial charge in [0.25, 0.3) is 0 Å². The number of aromatic nitrogens is 2. The summed E-state index contributed by atoms with van der Waals surface area (Å²) >= 11 is 0. The summed E-state index contributed by atoms with van der Waals surface area (Å²) in [6, 6.07) is 15.2. The zero-order chi connectivity index (χ0) is 19.6. The molecule has 1 amide bonds. The van der Waals surface area contributed by atoms with Crippen molar-refractivity contribution in [2.75, 3.05) is 24.6 Å². The zero-order valence-corrected chi connectivity index (χ0v) is 16.0. The molecule has 2 aliphatic heterocycles. The molecule has 2 unspecified atom stereocenters. The first kappa shape index (κ1) is 17.7. The predicted molar refractivity (Wildman–Crippen MR) is 109 cm³/mol. The molecule has 2 atom stereocenters. The van der Waals surface area contributed by atoms with Gasteiger partial charge in [0, 0.05) is 11.9 Å². The number of anilines is 1. The van der Waals surface area contributed by atoms with E-state index in [1.54, 1.807) is 6.33 Å². The van der Waals surface area contributed by atoms with Crippen molar-refractivity contribution in [3.63, 3.8) is 0 Å². The van der Waals surface area contributed by atoms with Gasteiger partial charge in [0.1, 0.15) is 30.9 Å². The molecule has 0 radical (unpaired) electrons. The lowest BCUT2D eigenvalue weighted by molar-refractivity contribution is -0.122. The molecule has 2 aliphatic rings. The highest BCUT2D eigenvalue weighted by Gasteiger charge is 2.33.